The smallest absolute Gasteiger partial charge is 0.157 e. The van der Waals surface area contributed by atoms with Crippen molar-refractivity contribution in [1.29, 1.82) is 0 Å². The molecule has 0 aliphatic rings. The molecule has 5 heteroatoms. The average molecular weight is 223 g/mol. The molecule has 0 unspecified atom stereocenters. The van der Waals surface area contributed by atoms with Crippen LogP contribution in [0.5, 0.6) is 5.75 Å². The van der Waals surface area contributed by atoms with Gasteiger partial charge in [-0.15, -0.1) is 11.3 Å². The third kappa shape index (κ3) is 2.57. The summed E-state index contributed by atoms with van der Waals surface area (Å²) >= 11 is 1.68. The van der Waals surface area contributed by atoms with E-state index < -0.39 is 0 Å². The van der Waals surface area contributed by atoms with Crippen LogP contribution >= 0.6 is 11.3 Å². The number of aromatic nitrogens is 2. The van der Waals surface area contributed by atoms with E-state index in [0.29, 0.717) is 13.2 Å². The van der Waals surface area contributed by atoms with Gasteiger partial charge in [0, 0.05) is 23.3 Å². The minimum atomic E-state index is 0.580. The fraction of sp³-hybridized carbons (Fsp3) is 0.300. The van der Waals surface area contributed by atoms with E-state index in [0.717, 1.165) is 5.75 Å². The lowest BCUT2D eigenvalue weighted by molar-refractivity contribution is 0.309. The van der Waals surface area contributed by atoms with Gasteiger partial charge < -0.3 is 10.5 Å². The molecule has 80 valence electrons. The number of hydrogen-bond acceptors (Lipinski definition) is 4. The SMILES string of the molecule is Cn1cc(OCc2ccc(CN)s2)cn1. The first-order chi connectivity index (χ1) is 7.28. The first-order valence-electron chi connectivity index (χ1n) is 4.67. The molecule has 0 radical (unpaired) electrons. The average Bonchev–Trinajstić information content (AvgIpc) is 2.83. The van der Waals surface area contributed by atoms with Gasteiger partial charge in [-0.1, -0.05) is 0 Å². The van der Waals surface area contributed by atoms with Crippen LogP contribution in [0.3, 0.4) is 0 Å². The van der Waals surface area contributed by atoms with Crippen molar-refractivity contribution in [2.45, 2.75) is 13.2 Å². The van der Waals surface area contributed by atoms with Crippen molar-refractivity contribution in [3.05, 3.63) is 34.3 Å². The minimum absolute atomic E-state index is 0.580. The van der Waals surface area contributed by atoms with Gasteiger partial charge in [-0.3, -0.25) is 4.68 Å². The molecule has 0 saturated heterocycles. The summed E-state index contributed by atoms with van der Waals surface area (Å²) in [4.78, 5) is 2.36. The number of aryl methyl sites for hydroxylation is 1. The molecule has 2 aromatic rings. The minimum Gasteiger partial charge on any atom is -0.485 e. The molecule has 15 heavy (non-hydrogen) atoms. The molecule has 0 aromatic carbocycles. The van der Waals surface area contributed by atoms with Crippen molar-refractivity contribution in [3.63, 3.8) is 0 Å². The number of nitrogens with zero attached hydrogens (tertiary/aromatic N) is 2. The molecular formula is C10H13N3OS. The molecule has 0 atom stereocenters. The van der Waals surface area contributed by atoms with Crippen LogP contribution in [0.25, 0.3) is 0 Å². The quantitative estimate of drug-likeness (QED) is 0.855. The Bertz CT molecular complexity index is 435. The van der Waals surface area contributed by atoms with Crippen LogP contribution in [-0.2, 0) is 20.2 Å². The van der Waals surface area contributed by atoms with Gasteiger partial charge in [-0.25, -0.2) is 0 Å². The zero-order chi connectivity index (χ0) is 10.7. The second-order valence-corrected chi connectivity index (χ2v) is 4.46. The zero-order valence-electron chi connectivity index (χ0n) is 8.51. The predicted octanol–water partition coefficient (Wildman–Crippen LogP) is 1.52. The predicted molar refractivity (Wildman–Crippen MR) is 59.8 cm³/mol. The highest BCUT2D eigenvalue weighted by atomic mass is 32.1. The highest BCUT2D eigenvalue weighted by Crippen LogP contribution is 2.18. The molecule has 0 aliphatic carbocycles. The summed E-state index contributed by atoms with van der Waals surface area (Å²) in [5.41, 5.74) is 5.53. The monoisotopic (exact) mass is 223 g/mol. The summed E-state index contributed by atoms with van der Waals surface area (Å²) in [5, 5.41) is 4.03. The van der Waals surface area contributed by atoms with Gasteiger partial charge in [0.25, 0.3) is 0 Å². The van der Waals surface area contributed by atoms with Crippen molar-refractivity contribution in [2.75, 3.05) is 0 Å². The summed E-state index contributed by atoms with van der Waals surface area (Å²) < 4.78 is 7.27. The normalized spacial score (nSPS) is 10.5. The summed E-state index contributed by atoms with van der Waals surface area (Å²) in [5.74, 6) is 0.792. The maximum atomic E-state index is 5.56. The maximum absolute atomic E-state index is 5.56. The van der Waals surface area contributed by atoms with Crippen LogP contribution in [0, 0.1) is 0 Å². The molecule has 2 aromatic heterocycles. The van der Waals surface area contributed by atoms with E-state index in [1.165, 1.54) is 9.75 Å². The molecular weight excluding hydrogens is 210 g/mol. The van der Waals surface area contributed by atoms with Crippen LogP contribution in [0.1, 0.15) is 9.75 Å². The first-order valence-corrected chi connectivity index (χ1v) is 5.48. The number of hydrogen-bond donors (Lipinski definition) is 1. The van der Waals surface area contributed by atoms with Gasteiger partial charge >= 0.3 is 0 Å². The van der Waals surface area contributed by atoms with Crippen LogP contribution < -0.4 is 10.5 Å². The van der Waals surface area contributed by atoms with E-state index >= 15 is 0 Å². The Balaban J connectivity index is 1.93. The van der Waals surface area contributed by atoms with Crippen molar-refractivity contribution in [3.8, 4) is 5.75 Å². The zero-order valence-corrected chi connectivity index (χ0v) is 9.33. The van der Waals surface area contributed by atoms with E-state index in [1.54, 1.807) is 22.2 Å². The molecule has 0 bridgehead atoms. The van der Waals surface area contributed by atoms with E-state index in [9.17, 15) is 0 Å². The number of rotatable bonds is 4. The number of ether oxygens (including phenoxy) is 1. The summed E-state index contributed by atoms with van der Waals surface area (Å²) in [6, 6.07) is 4.08. The topological polar surface area (TPSA) is 53.1 Å². The molecule has 0 amide bonds. The lowest BCUT2D eigenvalue weighted by Crippen LogP contribution is -1.92. The van der Waals surface area contributed by atoms with Crippen LogP contribution in [0.15, 0.2) is 24.5 Å². The fourth-order valence-corrected chi connectivity index (χ4v) is 2.05. The van der Waals surface area contributed by atoms with Crippen LogP contribution in [-0.4, -0.2) is 9.78 Å². The van der Waals surface area contributed by atoms with Crippen molar-refractivity contribution in [1.82, 2.24) is 9.78 Å². The Morgan fingerprint density at radius 3 is 2.87 bits per heavy atom. The molecule has 0 aliphatic heterocycles. The van der Waals surface area contributed by atoms with Crippen molar-refractivity contribution < 1.29 is 4.74 Å². The van der Waals surface area contributed by atoms with Crippen molar-refractivity contribution >= 4 is 11.3 Å². The van der Waals surface area contributed by atoms with Gasteiger partial charge in [-0.05, 0) is 12.1 Å². The van der Waals surface area contributed by atoms with Crippen LogP contribution in [0.2, 0.25) is 0 Å². The Hall–Kier alpha value is -1.33. The van der Waals surface area contributed by atoms with E-state index in [4.69, 9.17) is 10.5 Å². The fourth-order valence-electron chi connectivity index (χ4n) is 1.24. The van der Waals surface area contributed by atoms with E-state index in [2.05, 4.69) is 5.10 Å². The van der Waals surface area contributed by atoms with E-state index in [-0.39, 0.29) is 0 Å². The molecule has 4 nitrogen and oxygen atoms in total. The molecule has 2 heterocycles. The highest BCUT2D eigenvalue weighted by Gasteiger charge is 2.01. The molecule has 2 N–H and O–H groups in total. The van der Waals surface area contributed by atoms with Gasteiger partial charge in [0.2, 0.25) is 0 Å². The second kappa shape index (κ2) is 4.46. The third-order valence-corrected chi connectivity index (χ3v) is 3.06. The van der Waals surface area contributed by atoms with Gasteiger partial charge in [0.1, 0.15) is 6.61 Å². The van der Waals surface area contributed by atoms with Gasteiger partial charge in [0.15, 0.2) is 5.75 Å². The summed E-state index contributed by atoms with van der Waals surface area (Å²) in [6.45, 7) is 1.17. The van der Waals surface area contributed by atoms with E-state index in [1.807, 2.05) is 25.4 Å². The Morgan fingerprint density at radius 1 is 1.47 bits per heavy atom. The number of thiophene rings is 1. The largest absolute Gasteiger partial charge is 0.485 e. The van der Waals surface area contributed by atoms with Gasteiger partial charge in [0.05, 0.1) is 12.4 Å². The van der Waals surface area contributed by atoms with Gasteiger partial charge in [-0.2, -0.15) is 5.10 Å². The Labute approximate surface area is 92.3 Å². The second-order valence-electron chi connectivity index (χ2n) is 3.21. The maximum Gasteiger partial charge on any atom is 0.157 e. The standard InChI is InChI=1S/C10H13N3OS/c1-13-6-8(5-12-13)14-7-10-3-2-9(4-11)15-10/h2-3,5-6H,4,7,11H2,1H3. The lowest BCUT2D eigenvalue weighted by Gasteiger charge is -1.99. The molecule has 2 rings (SSSR count). The van der Waals surface area contributed by atoms with Crippen LogP contribution in [0.4, 0.5) is 0 Å². The molecule has 0 spiro atoms. The first kappa shape index (κ1) is 10.2. The molecule has 0 saturated carbocycles. The number of nitrogens with two attached hydrogens (primary N) is 1. The summed E-state index contributed by atoms with van der Waals surface area (Å²) in [7, 11) is 1.87. The Morgan fingerprint density at radius 2 is 2.27 bits per heavy atom. The third-order valence-electron chi connectivity index (χ3n) is 1.98. The Kier molecular flexibility index (Phi) is 3.03. The van der Waals surface area contributed by atoms with Crippen molar-refractivity contribution in [2.24, 2.45) is 12.8 Å². The lowest BCUT2D eigenvalue weighted by atomic mass is 10.4. The molecule has 0 fully saturated rings. The summed E-state index contributed by atoms with van der Waals surface area (Å²) in [6.07, 6.45) is 3.55. The highest BCUT2D eigenvalue weighted by molar-refractivity contribution is 7.11.